The lowest BCUT2D eigenvalue weighted by Gasteiger charge is -2.11. The van der Waals surface area contributed by atoms with Crippen LogP contribution in [0.3, 0.4) is 0 Å². The van der Waals surface area contributed by atoms with E-state index in [9.17, 15) is 4.79 Å². The van der Waals surface area contributed by atoms with Crippen LogP contribution in [0.4, 0.5) is 11.6 Å². The van der Waals surface area contributed by atoms with Gasteiger partial charge >= 0.3 is 0 Å². The third-order valence-corrected chi connectivity index (χ3v) is 3.45. The molecule has 2 rings (SSSR count). The molecule has 1 aromatic heterocycles. The molecule has 2 N–H and O–H groups in total. The zero-order valence-corrected chi connectivity index (χ0v) is 14.7. The fourth-order valence-electron chi connectivity index (χ4n) is 2.24. The van der Waals surface area contributed by atoms with E-state index in [1.54, 1.807) is 30.3 Å². The smallest absolute Gasteiger partial charge is 0.274 e. The summed E-state index contributed by atoms with van der Waals surface area (Å²) < 4.78 is 0. The van der Waals surface area contributed by atoms with Crippen LogP contribution >= 0.6 is 0 Å². The van der Waals surface area contributed by atoms with Crippen LogP contribution in [0, 0.1) is 18.3 Å². The molecule has 0 saturated carbocycles. The number of rotatable bonds is 7. The lowest BCUT2D eigenvalue weighted by Crippen LogP contribution is -2.19. The maximum Gasteiger partial charge on any atom is 0.274 e. The van der Waals surface area contributed by atoms with Gasteiger partial charge in [-0.1, -0.05) is 12.1 Å². The predicted molar refractivity (Wildman–Crippen MR) is 97.5 cm³/mol. The Bertz CT molecular complexity index is 781. The van der Waals surface area contributed by atoms with Crippen molar-refractivity contribution in [2.75, 3.05) is 37.8 Å². The van der Waals surface area contributed by atoms with Crippen LogP contribution in [0.15, 0.2) is 30.3 Å². The number of amides is 1. The summed E-state index contributed by atoms with van der Waals surface area (Å²) in [6.45, 7) is 3.49. The second-order valence-electron chi connectivity index (χ2n) is 5.91. The maximum atomic E-state index is 12.5. The zero-order valence-electron chi connectivity index (χ0n) is 14.7. The third-order valence-electron chi connectivity index (χ3n) is 3.45. The molecule has 0 fully saturated rings. The highest BCUT2D eigenvalue weighted by Crippen LogP contribution is 2.15. The number of nitriles is 1. The Labute approximate surface area is 147 Å². The lowest BCUT2D eigenvalue weighted by molar-refractivity contribution is 0.102. The number of benzene rings is 1. The number of carbonyl (C=O) groups excluding carboxylic acids is 1. The molecule has 130 valence electrons. The molecule has 1 aromatic carbocycles. The fourth-order valence-corrected chi connectivity index (χ4v) is 2.24. The van der Waals surface area contributed by atoms with E-state index in [0.717, 1.165) is 19.5 Å². The van der Waals surface area contributed by atoms with E-state index >= 15 is 0 Å². The Hall–Kier alpha value is -2.98. The van der Waals surface area contributed by atoms with Gasteiger partial charge in [-0.3, -0.25) is 4.79 Å². The highest BCUT2D eigenvalue weighted by molar-refractivity contribution is 6.03. The molecule has 0 spiro atoms. The second-order valence-corrected chi connectivity index (χ2v) is 5.91. The SMILES string of the molecule is Cc1cc(C(=O)Nc2ccccc2C#N)nc(NCCCN(C)C)n1. The van der Waals surface area contributed by atoms with Gasteiger partial charge in [0, 0.05) is 12.2 Å². The number of para-hydroxylation sites is 1. The van der Waals surface area contributed by atoms with Gasteiger partial charge in [-0.15, -0.1) is 0 Å². The van der Waals surface area contributed by atoms with Crippen LogP contribution < -0.4 is 10.6 Å². The molecule has 0 aliphatic carbocycles. The first-order valence-corrected chi connectivity index (χ1v) is 8.04. The van der Waals surface area contributed by atoms with Crippen molar-refractivity contribution in [3.63, 3.8) is 0 Å². The molecule has 0 aliphatic rings. The first-order chi connectivity index (χ1) is 12.0. The molecule has 7 heteroatoms. The van der Waals surface area contributed by atoms with Crippen molar-refractivity contribution >= 4 is 17.5 Å². The minimum absolute atomic E-state index is 0.260. The fraction of sp³-hybridized carbons (Fsp3) is 0.333. The molecule has 7 nitrogen and oxygen atoms in total. The Balaban J connectivity index is 2.08. The van der Waals surface area contributed by atoms with E-state index in [0.29, 0.717) is 22.9 Å². The summed E-state index contributed by atoms with van der Waals surface area (Å²) in [6.07, 6.45) is 0.946. The number of hydrogen-bond acceptors (Lipinski definition) is 6. The van der Waals surface area contributed by atoms with Crippen molar-refractivity contribution in [2.45, 2.75) is 13.3 Å². The predicted octanol–water partition coefficient (Wildman–Crippen LogP) is 2.27. The van der Waals surface area contributed by atoms with Crippen LogP contribution in [-0.4, -0.2) is 48.0 Å². The molecule has 0 aliphatic heterocycles. The number of nitrogens with zero attached hydrogens (tertiary/aromatic N) is 4. The van der Waals surface area contributed by atoms with Gasteiger partial charge < -0.3 is 15.5 Å². The van der Waals surface area contributed by atoms with Crippen molar-refractivity contribution in [2.24, 2.45) is 0 Å². The minimum atomic E-state index is -0.371. The largest absolute Gasteiger partial charge is 0.354 e. The van der Waals surface area contributed by atoms with Gasteiger partial charge in [0.05, 0.1) is 11.3 Å². The molecule has 0 unspecified atom stereocenters. The molecule has 0 bridgehead atoms. The Morgan fingerprint density at radius 2 is 2.04 bits per heavy atom. The van der Waals surface area contributed by atoms with Crippen LogP contribution in [0.25, 0.3) is 0 Å². The quantitative estimate of drug-likeness (QED) is 0.752. The summed E-state index contributed by atoms with van der Waals surface area (Å²) in [5.41, 5.74) is 1.83. The second kappa shape index (κ2) is 8.76. The average Bonchev–Trinajstić information content (AvgIpc) is 2.58. The van der Waals surface area contributed by atoms with Crippen molar-refractivity contribution in [1.29, 1.82) is 5.26 Å². The minimum Gasteiger partial charge on any atom is -0.354 e. The molecular formula is C18H22N6O. The molecule has 25 heavy (non-hydrogen) atoms. The number of carbonyl (C=O) groups is 1. The number of anilines is 2. The van der Waals surface area contributed by atoms with Crippen molar-refractivity contribution in [1.82, 2.24) is 14.9 Å². The van der Waals surface area contributed by atoms with Gasteiger partial charge in [0.15, 0.2) is 0 Å². The average molecular weight is 338 g/mol. The number of hydrogen-bond donors (Lipinski definition) is 2. The van der Waals surface area contributed by atoms with E-state index in [1.807, 2.05) is 21.0 Å². The molecule has 0 radical (unpaired) electrons. The van der Waals surface area contributed by atoms with E-state index in [2.05, 4.69) is 31.6 Å². The third kappa shape index (κ3) is 5.55. The topological polar surface area (TPSA) is 93.9 Å². The Morgan fingerprint density at radius 3 is 2.76 bits per heavy atom. The van der Waals surface area contributed by atoms with Gasteiger partial charge in [-0.05, 0) is 52.2 Å². The lowest BCUT2D eigenvalue weighted by atomic mass is 10.2. The van der Waals surface area contributed by atoms with E-state index in [4.69, 9.17) is 5.26 Å². The summed E-state index contributed by atoms with van der Waals surface area (Å²) in [7, 11) is 4.04. The number of nitrogens with one attached hydrogen (secondary N) is 2. The van der Waals surface area contributed by atoms with Gasteiger partial charge in [0.1, 0.15) is 11.8 Å². The van der Waals surface area contributed by atoms with Crippen molar-refractivity contribution < 1.29 is 4.79 Å². The summed E-state index contributed by atoms with van der Waals surface area (Å²) in [5, 5.41) is 15.0. The van der Waals surface area contributed by atoms with Gasteiger partial charge in [-0.2, -0.15) is 5.26 Å². The molecule has 2 aromatic rings. The first kappa shape index (κ1) is 18.4. The van der Waals surface area contributed by atoms with E-state index in [-0.39, 0.29) is 11.6 Å². The van der Waals surface area contributed by atoms with Crippen LogP contribution in [0.5, 0.6) is 0 Å². The molecule has 0 saturated heterocycles. The standard InChI is InChI=1S/C18H22N6O/c1-13-11-16(23-18(21-13)20-9-6-10-24(2)3)17(25)22-15-8-5-4-7-14(15)12-19/h4-5,7-8,11H,6,9-10H2,1-3H3,(H,22,25)(H,20,21,23). The summed E-state index contributed by atoms with van der Waals surface area (Å²) in [5.74, 6) is 0.0574. The van der Waals surface area contributed by atoms with Crippen molar-refractivity contribution in [3.05, 3.63) is 47.3 Å². The molecule has 0 atom stereocenters. The normalized spacial score (nSPS) is 10.4. The highest BCUT2D eigenvalue weighted by Gasteiger charge is 2.12. The number of aryl methyl sites for hydroxylation is 1. The summed E-state index contributed by atoms with van der Waals surface area (Å²) in [6, 6.07) is 10.5. The van der Waals surface area contributed by atoms with Crippen molar-refractivity contribution in [3.8, 4) is 6.07 Å². The van der Waals surface area contributed by atoms with Crippen LogP contribution in [-0.2, 0) is 0 Å². The maximum absolute atomic E-state index is 12.5. The monoisotopic (exact) mass is 338 g/mol. The highest BCUT2D eigenvalue weighted by atomic mass is 16.1. The van der Waals surface area contributed by atoms with Crippen LogP contribution in [0.1, 0.15) is 28.2 Å². The van der Waals surface area contributed by atoms with E-state index in [1.165, 1.54) is 0 Å². The molecule has 1 amide bonds. The first-order valence-electron chi connectivity index (χ1n) is 8.04. The van der Waals surface area contributed by atoms with Gasteiger partial charge in [0.25, 0.3) is 5.91 Å². The summed E-state index contributed by atoms with van der Waals surface area (Å²) >= 11 is 0. The molecular weight excluding hydrogens is 316 g/mol. The number of aromatic nitrogens is 2. The Morgan fingerprint density at radius 1 is 1.28 bits per heavy atom. The Kier molecular flexibility index (Phi) is 6.43. The zero-order chi connectivity index (χ0) is 18.2. The van der Waals surface area contributed by atoms with E-state index < -0.39 is 0 Å². The van der Waals surface area contributed by atoms with Gasteiger partial charge in [-0.25, -0.2) is 9.97 Å². The van der Waals surface area contributed by atoms with Crippen LogP contribution in [0.2, 0.25) is 0 Å². The van der Waals surface area contributed by atoms with Gasteiger partial charge in [0.2, 0.25) is 5.95 Å². The molecule has 1 heterocycles. The summed E-state index contributed by atoms with van der Waals surface area (Å²) in [4.78, 5) is 23.1.